The first-order valence-corrected chi connectivity index (χ1v) is 10.2. The third kappa shape index (κ3) is 4.32. The summed E-state index contributed by atoms with van der Waals surface area (Å²) in [6.07, 6.45) is -0.681. The lowest BCUT2D eigenvalue weighted by Crippen LogP contribution is -2.34. The van der Waals surface area contributed by atoms with E-state index < -0.39 is 18.0 Å². The Kier molecular flexibility index (Phi) is 5.89. The number of aryl methyl sites for hydroxylation is 1. The summed E-state index contributed by atoms with van der Waals surface area (Å²) < 4.78 is 5.41. The molecule has 3 N–H and O–H groups in total. The van der Waals surface area contributed by atoms with Gasteiger partial charge in [-0.05, 0) is 52.9 Å². The maximum atomic E-state index is 12.2. The summed E-state index contributed by atoms with van der Waals surface area (Å²) in [6, 6.07) is 20.6. The van der Waals surface area contributed by atoms with Gasteiger partial charge in [-0.3, -0.25) is 4.79 Å². The van der Waals surface area contributed by atoms with Crippen LogP contribution in [-0.4, -0.2) is 36.2 Å². The van der Waals surface area contributed by atoms with Crippen molar-refractivity contribution in [1.29, 1.82) is 0 Å². The van der Waals surface area contributed by atoms with E-state index in [0.717, 1.165) is 22.3 Å². The quantitative estimate of drug-likeness (QED) is 0.544. The van der Waals surface area contributed by atoms with Crippen LogP contribution in [0.2, 0.25) is 0 Å². The second-order valence-corrected chi connectivity index (χ2v) is 7.56. The number of carbonyl (C=O) groups excluding carboxylic acids is 2. The summed E-state index contributed by atoms with van der Waals surface area (Å²) in [5, 5.41) is 14.1. The Balaban J connectivity index is 1.31. The Labute approximate surface area is 185 Å². The molecule has 0 atom stereocenters. The van der Waals surface area contributed by atoms with Gasteiger partial charge in [0.1, 0.15) is 13.2 Å². The number of carboxylic acids is 1. The van der Waals surface area contributed by atoms with Gasteiger partial charge in [0, 0.05) is 11.6 Å². The van der Waals surface area contributed by atoms with E-state index in [4.69, 9.17) is 9.84 Å². The summed E-state index contributed by atoms with van der Waals surface area (Å²) >= 11 is 0. The van der Waals surface area contributed by atoms with Gasteiger partial charge in [0.15, 0.2) is 0 Å². The fourth-order valence-corrected chi connectivity index (χ4v) is 3.99. The Morgan fingerprint density at radius 1 is 0.938 bits per heavy atom. The molecule has 0 saturated carbocycles. The fourth-order valence-electron chi connectivity index (χ4n) is 3.99. The highest BCUT2D eigenvalue weighted by atomic mass is 16.5. The molecular formula is C25H22N2O5. The molecule has 0 spiro atoms. The molecule has 0 aromatic heterocycles. The molecule has 4 rings (SSSR count). The summed E-state index contributed by atoms with van der Waals surface area (Å²) in [7, 11) is 0. The van der Waals surface area contributed by atoms with E-state index in [2.05, 4.69) is 22.8 Å². The highest BCUT2D eigenvalue weighted by Gasteiger charge is 2.29. The first-order valence-electron chi connectivity index (χ1n) is 10.2. The zero-order chi connectivity index (χ0) is 22.7. The van der Waals surface area contributed by atoms with Gasteiger partial charge in [-0.25, -0.2) is 9.59 Å². The van der Waals surface area contributed by atoms with Crippen LogP contribution in [0.4, 0.5) is 10.5 Å². The largest absolute Gasteiger partial charge is 0.478 e. The SMILES string of the molecule is Cc1cc(NC(=O)CNC(=O)OCC2c3ccccc3-c3ccccc32)ccc1C(=O)O. The number of rotatable bonds is 6. The van der Waals surface area contributed by atoms with Gasteiger partial charge in [0.2, 0.25) is 5.91 Å². The van der Waals surface area contributed by atoms with E-state index >= 15 is 0 Å². The third-order valence-corrected chi connectivity index (χ3v) is 5.48. The molecule has 0 fully saturated rings. The number of ether oxygens (including phenoxy) is 1. The van der Waals surface area contributed by atoms with Crippen molar-refractivity contribution in [2.24, 2.45) is 0 Å². The third-order valence-electron chi connectivity index (χ3n) is 5.48. The number of nitrogens with one attached hydrogen (secondary N) is 2. The maximum Gasteiger partial charge on any atom is 0.407 e. The molecule has 0 unspecified atom stereocenters. The molecule has 0 bridgehead atoms. The average molecular weight is 430 g/mol. The molecule has 32 heavy (non-hydrogen) atoms. The van der Waals surface area contributed by atoms with Crippen LogP contribution >= 0.6 is 0 Å². The fraction of sp³-hybridized carbons (Fsp3) is 0.160. The number of amides is 2. The highest BCUT2D eigenvalue weighted by Crippen LogP contribution is 2.44. The summed E-state index contributed by atoms with van der Waals surface area (Å²) in [5.74, 6) is -1.53. The Morgan fingerprint density at radius 2 is 1.56 bits per heavy atom. The van der Waals surface area contributed by atoms with E-state index in [1.165, 1.54) is 12.1 Å². The predicted molar refractivity (Wildman–Crippen MR) is 120 cm³/mol. The normalized spacial score (nSPS) is 11.9. The van der Waals surface area contributed by atoms with E-state index in [1.807, 2.05) is 36.4 Å². The molecule has 162 valence electrons. The number of benzene rings is 3. The van der Waals surface area contributed by atoms with Crippen molar-refractivity contribution in [3.05, 3.63) is 89.0 Å². The minimum Gasteiger partial charge on any atom is -0.478 e. The monoisotopic (exact) mass is 430 g/mol. The topological polar surface area (TPSA) is 105 Å². The minimum atomic E-state index is -1.03. The molecule has 3 aromatic carbocycles. The summed E-state index contributed by atoms with van der Waals surface area (Å²) in [4.78, 5) is 35.4. The smallest absolute Gasteiger partial charge is 0.407 e. The van der Waals surface area contributed by atoms with Crippen molar-refractivity contribution in [1.82, 2.24) is 5.32 Å². The minimum absolute atomic E-state index is 0.0577. The number of aromatic carboxylic acids is 1. The maximum absolute atomic E-state index is 12.2. The van der Waals surface area contributed by atoms with E-state index in [0.29, 0.717) is 11.3 Å². The zero-order valence-corrected chi connectivity index (χ0v) is 17.4. The molecule has 1 aliphatic carbocycles. The van der Waals surface area contributed by atoms with Gasteiger partial charge in [0.05, 0.1) is 5.56 Å². The summed E-state index contributed by atoms with van der Waals surface area (Å²) in [5.41, 5.74) is 5.65. The van der Waals surface area contributed by atoms with Crippen molar-refractivity contribution in [2.45, 2.75) is 12.8 Å². The molecular weight excluding hydrogens is 408 g/mol. The number of carbonyl (C=O) groups is 3. The van der Waals surface area contributed by atoms with Gasteiger partial charge in [-0.15, -0.1) is 0 Å². The van der Waals surface area contributed by atoms with E-state index in [-0.39, 0.29) is 24.6 Å². The number of anilines is 1. The first-order chi connectivity index (χ1) is 15.4. The number of fused-ring (bicyclic) bond motifs is 3. The van der Waals surface area contributed by atoms with Crippen LogP contribution in [0, 0.1) is 6.92 Å². The average Bonchev–Trinajstić information content (AvgIpc) is 3.10. The second kappa shape index (κ2) is 8.93. The van der Waals surface area contributed by atoms with Crippen LogP contribution < -0.4 is 10.6 Å². The van der Waals surface area contributed by atoms with Gasteiger partial charge in [-0.1, -0.05) is 48.5 Å². The van der Waals surface area contributed by atoms with Crippen molar-refractivity contribution in [3.8, 4) is 11.1 Å². The van der Waals surface area contributed by atoms with Crippen molar-refractivity contribution >= 4 is 23.7 Å². The summed E-state index contributed by atoms with van der Waals surface area (Å²) in [6.45, 7) is 1.54. The number of alkyl carbamates (subject to hydrolysis) is 1. The standard InChI is InChI=1S/C25H22N2O5/c1-15-12-16(10-11-17(15)24(29)30)27-23(28)13-26-25(31)32-14-22-20-8-4-2-6-18(20)19-7-3-5-9-21(19)22/h2-12,22H,13-14H2,1H3,(H,26,31)(H,27,28)(H,29,30). The van der Waals surface area contributed by atoms with Crippen LogP contribution in [0.15, 0.2) is 66.7 Å². The number of carboxylic acid groups (broad SMARTS) is 1. The van der Waals surface area contributed by atoms with Gasteiger partial charge in [0.25, 0.3) is 0 Å². The molecule has 7 heteroatoms. The van der Waals surface area contributed by atoms with E-state index in [9.17, 15) is 14.4 Å². The Hall–Kier alpha value is -4.13. The van der Waals surface area contributed by atoms with Crippen molar-refractivity contribution in [3.63, 3.8) is 0 Å². The van der Waals surface area contributed by atoms with Crippen molar-refractivity contribution in [2.75, 3.05) is 18.5 Å². The lowest BCUT2D eigenvalue weighted by molar-refractivity contribution is -0.115. The zero-order valence-electron chi connectivity index (χ0n) is 17.4. The Morgan fingerprint density at radius 3 is 2.16 bits per heavy atom. The molecule has 0 heterocycles. The lowest BCUT2D eigenvalue weighted by Gasteiger charge is -2.14. The Bertz CT molecular complexity index is 1160. The number of hydrogen-bond acceptors (Lipinski definition) is 4. The molecule has 0 radical (unpaired) electrons. The molecule has 2 amide bonds. The molecule has 3 aromatic rings. The van der Waals surface area contributed by atoms with Crippen LogP contribution in [0.5, 0.6) is 0 Å². The van der Waals surface area contributed by atoms with Crippen molar-refractivity contribution < 1.29 is 24.2 Å². The molecule has 1 aliphatic rings. The number of hydrogen-bond donors (Lipinski definition) is 3. The van der Waals surface area contributed by atoms with E-state index in [1.54, 1.807) is 13.0 Å². The lowest BCUT2D eigenvalue weighted by atomic mass is 9.98. The second-order valence-electron chi connectivity index (χ2n) is 7.56. The van der Waals surface area contributed by atoms with Crippen LogP contribution in [0.3, 0.4) is 0 Å². The molecule has 0 aliphatic heterocycles. The van der Waals surface area contributed by atoms with Crippen LogP contribution in [-0.2, 0) is 9.53 Å². The predicted octanol–water partition coefficient (Wildman–Crippen LogP) is 4.17. The van der Waals surface area contributed by atoms with Crippen LogP contribution in [0.25, 0.3) is 11.1 Å². The van der Waals surface area contributed by atoms with Gasteiger partial charge < -0.3 is 20.5 Å². The molecule has 7 nitrogen and oxygen atoms in total. The highest BCUT2D eigenvalue weighted by molar-refractivity contribution is 5.95. The van der Waals surface area contributed by atoms with Gasteiger partial charge in [-0.2, -0.15) is 0 Å². The van der Waals surface area contributed by atoms with Crippen LogP contribution in [0.1, 0.15) is 33.0 Å². The van der Waals surface area contributed by atoms with Gasteiger partial charge >= 0.3 is 12.1 Å². The molecule has 0 saturated heterocycles. The first kappa shape index (κ1) is 21.1.